The molecule has 1 saturated carbocycles. The van der Waals surface area contributed by atoms with Gasteiger partial charge in [-0.1, -0.05) is 0 Å². The first-order valence-corrected chi connectivity index (χ1v) is 10.3. The van der Waals surface area contributed by atoms with E-state index in [4.69, 9.17) is 9.56 Å². The average Bonchev–Trinajstić information content (AvgIpc) is 2.95. The molecule has 1 spiro atoms. The molecule has 13 heteroatoms. The zero-order valence-corrected chi connectivity index (χ0v) is 15.9. The molecule has 0 radical (unpaired) electrons. The summed E-state index contributed by atoms with van der Waals surface area (Å²) in [6.45, 7) is -0.405. The smallest absolute Gasteiger partial charge is 0.417 e. The number of nitrogens with two attached hydrogens (primary N) is 1. The van der Waals surface area contributed by atoms with Crippen LogP contribution in [0.1, 0.15) is 30.0 Å². The van der Waals surface area contributed by atoms with E-state index in [9.17, 15) is 34.8 Å². The first kappa shape index (κ1) is 21.1. The standard InChI is InChI=1S/C17H15F6N3O3S/c18-9-1-2-10(11(7-9)17(21,22)23)14-25-12(8-29-14)13-15(16(13,19)20)3-5-26(6-4-15)30(24,27)28/h1-2,7-8,13H,3-6H2,(H2,24,27,28)/t13-/m0/s1. The third-order valence-corrected chi connectivity index (χ3v) is 6.89. The zero-order chi connectivity index (χ0) is 22.1. The molecular formula is C17H15F6N3O3S. The number of piperidine rings is 1. The van der Waals surface area contributed by atoms with Crippen molar-refractivity contribution in [2.45, 2.75) is 30.9 Å². The van der Waals surface area contributed by atoms with Crippen LogP contribution in [-0.2, 0) is 16.4 Å². The number of hydrogen-bond acceptors (Lipinski definition) is 4. The molecular weight excluding hydrogens is 440 g/mol. The van der Waals surface area contributed by atoms with E-state index in [0.29, 0.717) is 0 Å². The van der Waals surface area contributed by atoms with Gasteiger partial charge in [0.15, 0.2) is 0 Å². The molecule has 2 aromatic rings. The summed E-state index contributed by atoms with van der Waals surface area (Å²) in [4.78, 5) is 3.83. The quantitative estimate of drug-likeness (QED) is 0.718. The highest BCUT2D eigenvalue weighted by Crippen LogP contribution is 2.75. The van der Waals surface area contributed by atoms with Crippen molar-refractivity contribution in [1.82, 2.24) is 9.29 Å². The summed E-state index contributed by atoms with van der Waals surface area (Å²) in [6.07, 6.45) is -4.42. The Morgan fingerprint density at radius 3 is 2.40 bits per heavy atom. The lowest BCUT2D eigenvalue weighted by atomic mass is 9.91. The minimum Gasteiger partial charge on any atom is -0.444 e. The number of hydrogen-bond donors (Lipinski definition) is 1. The fraction of sp³-hybridized carbons (Fsp3) is 0.471. The predicted octanol–water partition coefficient (Wildman–Crippen LogP) is 3.52. The number of rotatable bonds is 3. The Morgan fingerprint density at radius 1 is 1.20 bits per heavy atom. The van der Waals surface area contributed by atoms with Gasteiger partial charge in [-0.05, 0) is 31.0 Å². The Bertz CT molecular complexity index is 1090. The van der Waals surface area contributed by atoms with Gasteiger partial charge >= 0.3 is 6.18 Å². The number of alkyl halides is 5. The molecule has 0 bridgehead atoms. The molecule has 2 aliphatic rings. The second-order valence-corrected chi connectivity index (χ2v) is 8.97. The van der Waals surface area contributed by atoms with Gasteiger partial charge in [0, 0.05) is 18.7 Å². The molecule has 1 aliphatic heterocycles. The van der Waals surface area contributed by atoms with Crippen molar-refractivity contribution in [2.24, 2.45) is 10.6 Å². The first-order valence-electron chi connectivity index (χ1n) is 8.75. The Labute approximate surface area is 166 Å². The highest BCUT2D eigenvalue weighted by Gasteiger charge is 2.81. The highest BCUT2D eigenvalue weighted by molar-refractivity contribution is 7.86. The van der Waals surface area contributed by atoms with Crippen molar-refractivity contribution < 1.29 is 39.2 Å². The van der Waals surface area contributed by atoms with Crippen molar-refractivity contribution in [3.05, 3.63) is 41.5 Å². The van der Waals surface area contributed by atoms with Gasteiger partial charge in [-0.3, -0.25) is 0 Å². The van der Waals surface area contributed by atoms with Crippen molar-refractivity contribution in [2.75, 3.05) is 13.1 Å². The number of aromatic nitrogens is 1. The normalized spacial score (nSPS) is 23.6. The fourth-order valence-electron chi connectivity index (χ4n) is 4.22. The molecule has 4 rings (SSSR count). The van der Waals surface area contributed by atoms with Gasteiger partial charge in [0.2, 0.25) is 5.89 Å². The van der Waals surface area contributed by atoms with Crippen molar-refractivity contribution in [1.29, 1.82) is 0 Å². The number of nitrogens with zero attached hydrogens (tertiary/aromatic N) is 2. The molecule has 0 unspecified atom stereocenters. The maximum absolute atomic E-state index is 14.7. The molecule has 2 fully saturated rings. The number of benzene rings is 1. The van der Waals surface area contributed by atoms with Crippen LogP contribution < -0.4 is 5.14 Å². The Hall–Kier alpha value is -2.12. The molecule has 1 atom stereocenters. The second kappa shape index (κ2) is 6.44. The summed E-state index contributed by atoms with van der Waals surface area (Å²) in [5.41, 5.74) is -3.72. The molecule has 1 aromatic carbocycles. The van der Waals surface area contributed by atoms with Crippen molar-refractivity contribution in [3.8, 4) is 11.5 Å². The minimum absolute atomic E-state index is 0.187. The molecule has 1 aliphatic carbocycles. The summed E-state index contributed by atoms with van der Waals surface area (Å²) in [5.74, 6) is -6.34. The van der Waals surface area contributed by atoms with E-state index in [1.807, 2.05) is 0 Å². The predicted molar refractivity (Wildman–Crippen MR) is 90.9 cm³/mol. The largest absolute Gasteiger partial charge is 0.444 e. The van der Waals surface area contributed by atoms with E-state index in [1.165, 1.54) is 0 Å². The summed E-state index contributed by atoms with van der Waals surface area (Å²) in [5, 5.41) is 5.02. The lowest BCUT2D eigenvalue weighted by molar-refractivity contribution is -0.137. The third kappa shape index (κ3) is 3.19. The van der Waals surface area contributed by atoms with E-state index in [-0.39, 0.29) is 37.7 Å². The van der Waals surface area contributed by atoms with E-state index in [0.717, 1.165) is 22.7 Å². The van der Waals surface area contributed by atoms with Gasteiger partial charge in [-0.15, -0.1) is 0 Å². The van der Waals surface area contributed by atoms with Crippen LogP contribution in [0.3, 0.4) is 0 Å². The van der Waals surface area contributed by atoms with Crippen LogP contribution in [0.15, 0.2) is 28.9 Å². The molecule has 1 saturated heterocycles. The van der Waals surface area contributed by atoms with Crippen molar-refractivity contribution >= 4 is 10.2 Å². The number of halogens is 6. The molecule has 30 heavy (non-hydrogen) atoms. The molecule has 2 N–H and O–H groups in total. The molecule has 2 heterocycles. The zero-order valence-electron chi connectivity index (χ0n) is 15.1. The van der Waals surface area contributed by atoms with E-state index < -0.39 is 56.5 Å². The van der Waals surface area contributed by atoms with Crippen LogP contribution in [0.25, 0.3) is 11.5 Å². The van der Waals surface area contributed by atoms with E-state index >= 15 is 0 Å². The second-order valence-electron chi connectivity index (χ2n) is 7.42. The summed E-state index contributed by atoms with van der Waals surface area (Å²) < 4.78 is 111. The van der Waals surface area contributed by atoms with Crippen LogP contribution in [0.4, 0.5) is 26.3 Å². The molecule has 164 valence electrons. The summed E-state index contributed by atoms with van der Waals surface area (Å²) >= 11 is 0. The van der Waals surface area contributed by atoms with E-state index in [1.54, 1.807) is 0 Å². The van der Waals surface area contributed by atoms with Crippen LogP contribution in [0.5, 0.6) is 0 Å². The van der Waals surface area contributed by atoms with Gasteiger partial charge in [-0.2, -0.15) is 25.9 Å². The van der Waals surface area contributed by atoms with Crippen molar-refractivity contribution in [3.63, 3.8) is 0 Å². The molecule has 0 amide bonds. The SMILES string of the molecule is NS(=O)(=O)N1CCC2(CC1)[C@H](c1coc(-c3ccc(F)cc3C(F)(F)F)n1)C2(F)F. The lowest BCUT2D eigenvalue weighted by Gasteiger charge is -2.30. The molecule has 1 aromatic heterocycles. The average molecular weight is 455 g/mol. The summed E-state index contributed by atoms with van der Waals surface area (Å²) in [6, 6.07) is 1.87. The van der Waals surface area contributed by atoms with Crippen LogP contribution in [0.2, 0.25) is 0 Å². The van der Waals surface area contributed by atoms with Gasteiger partial charge < -0.3 is 4.42 Å². The lowest BCUT2D eigenvalue weighted by Crippen LogP contribution is -2.43. The number of oxazole rings is 1. The van der Waals surface area contributed by atoms with Crippen LogP contribution in [-0.4, -0.2) is 36.7 Å². The maximum atomic E-state index is 14.7. The first-order chi connectivity index (χ1) is 13.8. The highest BCUT2D eigenvalue weighted by atomic mass is 32.2. The fourth-order valence-corrected chi connectivity index (χ4v) is 4.91. The van der Waals surface area contributed by atoms with Gasteiger partial charge in [0.1, 0.15) is 12.1 Å². The Morgan fingerprint density at radius 2 is 1.83 bits per heavy atom. The minimum atomic E-state index is -4.91. The summed E-state index contributed by atoms with van der Waals surface area (Å²) in [7, 11) is -4.00. The maximum Gasteiger partial charge on any atom is 0.417 e. The molecule has 6 nitrogen and oxygen atoms in total. The third-order valence-electron chi connectivity index (χ3n) is 5.81. The topological polar surface area (TPSA) is 89.4 Å². The van der Waals surface area contributed by atoms with E-state index in [2.05, 4.69) is 4.98 Å². The van der Waals surface area contributed by atoms with Gasteiger partial charge in [-0.25, -0.2) is 23.3 Å². The van der Waals surface area contributed by atoms with Gasteiger partial charge in [0.05, 0.1) is 22.6 Å². The Kier molecular flexibility index (Phi) is 4.53. The van der Waals surface area contributed by atoms with Gasteiger partial charge in [0.25, 0.3) is 16.1 Å². The monoisotopic (exact) mass is 455 g/mol. The van der Waals surface area contributed by atoms with Crippen LogP contribution in [0, 0.1) is 11.2 Å². The Balaban J connectivity index is 1.63. The van der Waals surface area contributed by atoms with Crippen LogP contribution >= 0.6 is 0 Å².